The number of amides is 1. The summed E-state index contributed by atoms with van der Waals surface area (Å²) in [4.78, 5) is 25.5. The van der Waals surface area contributed by atoms with Crippen molar-refractivity contribution >= 4 is 11.9 Å². The van der Waals surface area contributed by atoms with Gasteiger partial charge >= 0.3 is 6.09 Å². The lowest BCUT2D eigenvalue weighted by Crippen LogP contribution is -2.49. The SMILES string of the molecule is O=C(OCc1ccccc1)N1CCN(c2ccc(-c3noc(C4CCCC4)n3)cn2)CC1. The summed E-state index contributed by atoms with van der Waals surface area (Å²) >= 11 is 0. The molecule has 1 aliphatic heterocycles. The Bertz CT molecular complexity index is 1020. The Morgan fingerprint density at radius 3 is 2.53 bits per heavy atom. The average molecular weight is 434 g/mol. The molecule has 0 radical (unpaired) electrons. The second-order valence-electron chi connectivity index (χ2n) is 8.36. The number of hydrogen-bond acceptors (Lipinski definition) is 7. The van der Waals surface area contributed by atoms with Gasteiger partial charge in [-0.2, -0.15) is 4.98 Å². The summed E-state index contributed by atoms with van der Waals surface area (Å²) in [5.74, 6) is 2.62. The smallest absolute Gasteiger partial charge is 0.410 e. The average Bonchev–Trinajstić information content (AvgIpc) is 3.56. The third-order valence-electron chi connectivity index (χ3n) is 6.22. The van der Waals surface area contributed by atoms with Crippen LogP contribution >= 0.6 is 0 Å². The molecule has 3 heterocycles. The number of carbonyl (C=O) groups excluding carboxylic acids is 1. The number of nitrogens with zero attached hydrogens (tertiary/aromatic N) is 5. The molecule has 5 rings (SSSR count). The van der Waals surface area contributed by atoms with E-state index in [1.807, 2.05) is 42.5 Å². The van der Waals surface area contributed by atoms with Gasteiger partial charge in [-0.3, -0.25) is 0 Å². The first-order valence-electron chi connectivity index (χ1n) is 11.3. The normalized spacial score (nSPS) is 17.0. The van der Waals surface area contributed by atoms with Gasteiger partial charge in [0, 0.05) is 43.9 Å². The van der Waals surface area contributed by atoms with Gasteiger partial charge in [0.1, 0.15) is 12.4 Å². The molecule has 0 spiro atoms. The van der Waals surface area contributed by atoms with Gasteiger partial charge in [0.15, 0.2) is 0 Å². The van der Waals surface area contributed by atoms with Gasteiger partial charge in [0.05, 0.1) is 0 Å². The zero-order chi connectivity index (χ0) is 21.8. The molecule has 1 saturated heterocycles. The minimum absolute atomic E-state index is 0.271. The fourth-order valence-corrected chi connectivity index (χ4v) is 4.33. The van der Waals surface area contributed by atoms with E-state index < -0.39 is 0 Å². The molecule has 2 fully saturated rings. The van der Waals surface area contributed by atoms with Gasteiger partial charge in [0.2, 0.25) is 11.7 Å². The summed E-state index contributed by atoms with van der Waals surface area (Å²) in [7, 11) is 0. The number of hydrogen-bond donors (Lipinski definition) is 0. The summed E-state index contributed by atoms with van der Waals surface area (Å²) in [5, 5.41) is 4.14. The molecule has 0 N–H and O–H groups in total. The standard InChI is InChI=1S/C24H27N5O3/c30-24(31-17-18-6-2-1-3-7-18)29-14-12-28(13-15-29)21-11-10-20(16-25-21)22-26-23(32-27-22)19-8-4-5-9-19/h1-3,6-7,10-11,16,19H,4-5,8-9,12-15,17H2. The third-order valence-corrected chi connectivity index (χ3v) is 6.22. The fourth-order valence-electron chi connectivity index (χ4n) is 4.33. The van der Waals surface area contributed by atoms with Crippen molar-refractivity contribution in [1.82, 2.24) is 20.0 Å². The second-order valence-corrected chi connectivity index (χ2v) is 8.36. The highest BCUT2D eigenvalue weighted by Gasteiger charge is 2.25. The maximum atomic E-state index is 12.4. The first-order chi connectivity index (χ1) is 15.8. The Morgan fingerprint density at radius 2 is 1.81 bits per heavy atom. The largest absolute Gasteiger partial charge is 0.445 e. The molecule has 32 heavy (non-hydrogen) atoms. The molecule has 8 heteroatoms. The Morgan fingerprint density at radius 1 is 1.03 bits per heavy atom. The van der Waals surface area contributed by atoms with E-state index in [0.717, 1.165) is 35.7 Å². The summed E-state index contributed by atoms with van der Waals surface area (Å²) in [6.07, 6.45) is 6.24. The highest BCUT2D eigenvalue weighted by atomic mass is 16.6. The number of benzene rings is 1. The van der Waals surface area contributed by atoms with Crippen LogP contribution in [0.1, 0.15) is 43.1 Å². The lowest BCUT2D eigenvalue weighted by Gasteiger charge is -2.34. The van der Waals surface area contributed by atoms with Gasteiger partial charge in [0.25, 0.3) is 0 Å². The van der Waals surface area contributed by atoms with Gasteiger partial charge < -0.3 is 19.1 Å². The van der Waals surface area contributed by atoms with Crippen LogP contribution in [0.4, 0.5) is 10.6 Å². The van der Waals surface area contributed by atoms with Gasteiger partial charge in [-0.1, -0.05) is 48.3 Å². The Labute approximate surface area is 187 Å². The summed E-state index contributed by atoms with van der Waals surface area (Å²) in [5.41, 5.74) is 1.84. The molecular weight excluding hydrogens is 406 g/mol. The van der Waals surface area contributed by atoms with Crippen LogP contribution in [0, 0.1) is 0 Å². The zero-order valence-corrected chi connectivity index (χ0v) is 18.0. The Hall–Kier alpha value is -3.42. The summed E-state index contributed by atoms with van der Waals surface area (Å²) in [6, 6.07) is 13.7. The zero-order valence-electron chi connectivity index (χ0n) is 18.0. The lowest BCUT2D eigenvalue weighted by atomic mass is 10.1. The van der Waals surface area contributed by atoms with Gasteiger partial charge in [-0.15, -0.1) is 0 Å². The van der Waals surface area contributed by atoms with Crippen molar-refractivity contribution in [3.8, 4) is 11.4 Å². The van der Waals surface area contributed by atoms with E-state index in [0.29, 0.717) is 44.5 Å². The van der Waals surface area contributed by atoms with Crippen LogP contribution in [0.25, 0.3) is 11.4 Å². The summed E-state index contributed by atoms with van der Waals surface area (Å²) in [6.45, 7) is 2.92. The third kappa shape index (κ3) is 4.59. The molecular formula is C24H27N5O3. The Balaban J connectivity index is 1.13. The van der Waals surface area contributed by atoms with Gasteiger partial charge in [-0.25, -0.2) is 9.78 Å². The molecule has 1 saturated carbocycles. The number of aromatic nitrogens is 3. The predicted molar refractivity (Wildman–Crippen MR) is 119 cm³/mol. The summed E-state index contributed by atoms with van der Waals surface area (Å²) < 4.78 is 10.9. The molecule has 166 valence electrons. The second kappa shape index (κ2) is 9.38. The minimum Gasteiger partial charge on any atom is -0.445 e. The van der Waals surface area contributed by atoms with Crippen LogP contribution in [0.3, 0.4) is 0 Å². The van der Waals surface area contributed by atoms with Crippen molar-refractivity contribution in [1.29, 1.82) is 0 Å². The molecule has 1 amide bonds. The van der Waals surface area contributed by atoms with Crippen molar-refractivity contribution in [2.75, 3.05) is 31.1 Å². The van der Waals surface area contributed by atoms with Crippen LogP contribution in [-0.4, -0.2) is 52.3 Å². The van der Waals surface area contributed by atoms with Crippen LogP contribution < -0.4 is 4.90 Å². The maximum Gasteiger partial charge on any atom is 0.410 e. The number of anilines is 1. The predicted octanol–water partition coefficient (Wildman–Crippen LogP) is 4.25. The van der Waals surface area contributed by atoms with Crippen molar-refractivity contribution in [3.63, 3.8) is 0 Å². The first-order valence-corrected chi connectivity index (χ1v) is 11.3. The number of ether oxygens (including phenoxy) is 1. The van der Waals surface area contributed by atoms with Crippen molar-refractivity contribution in [3.05, 3.63) is 60.1 Å². The Kier molecular flexibility index (Phi) is 6.00. The lowest BCUT2D eigenvalue weighted by molar-refractivity contribution is 0.0941. The number of pyridine rings is 1. The quantitative estimate of drug-likeness (QED) is 0.595. The number of carbonyl (C=O) groups is 1. The van der Waals surface area contributed by atoms with E-state index in [1.54, 1.807) is 11.1 Å². The molecule has 0 bridgehead atoms. The van der Waals surface area contributed by atoms with Gasteiger partial charge in [-0.05, 0) is 30.5 Å². The molecule has 2 aliphatic rings. The topological polar surface area (TPSA) is 84.6 Å². The highest BCUT2D eigenvalue weighted by molar-refractivity contribution is 5.68. The molecule has 0 atom stereocenters. The van der Waals surface area contributed by atoms with Crippen LogP contribution in [0.2, 0.25) is 0 Å². The van der Waals surface area contributed by atoms with Crippen LogP contribution in [-0.2, 0) is 11.3 Å². The molecule has 1 aliphatic carbocycles. The fraction of sp³-hybridized carbons (Fsp3) is 0.417. The van der Waals surface area contributed by atoms with E-state index in [2.05, 4.69) is 20.0 Å². The van der Waals surface area contributed by atoms with Crippen LogP contribution in [0.5, 0.6) is 0 Å². The van der Waals surface area contributed by atoms with E-state index in [4.69, 9.17) is 9.26 Å². The molecule has 3 aromatic rings. The molecule has 2 aromatic heterocycles. The van der Waals surface area contributed by atoms with E-state index in [1.165, 1.54) is 12.8 Å². The van der Waals surface area contributed by atoms with E-state index in [9.17, 15) is 4.79 Å². The van der Waals surface area contributed by atoms with Crippen molar-refractivity contribution in [2.24, 2.45) is 0 Å². The van der Waals surface area contributed by atoms with Crippen molar-refractivity contribution in [2.45, 2.75) is 38.2 Å². The minimum atomic E-state index is -0.271. The van der Waals surface area contributed by atoms with Crippen molar-refractivity contribution < 1.29 is 14.1 Å². The monoisotopic (exact) mass is 433 g/mol. The molecule has 1 aromatic carbocycles. The number of piperazine rings is 1. The first kappa shape index (κ1) is 20.5. The maximum absolute atomic E-state index is 12.4. The highest BCUT2D eigenvalue weighted by Crippen LogP contribution is 2.33. The van der Waals surface area contributed by atoms with Crippen LogP contribution in [0.15, 0.2) is 53.2 Å². The number of rotatable bonds is 5. The van der Waals surface area contributed by atoms with E-state index in [-0.39, 0.29) is 6.09 Å². The molecule has 0 unspecified atom stereocenters. The van der Waals surface area contributed by atoms with E-state index >= 15 is 0 Å². The molecule has 8 nitrogen and oxygen atoms in total.